The lowest BCUT2D eigenvalue weighted by molar-refractivity contribution is 0.627. The Balaban J connectivity index is 2.41. The lowest BCUT2D eigenvalue weighted by Gasteiger charge is -2.16. The first kappa shape index (κ1) is 14.3. The van der Waals surface area contributed by atoms with Crippen molar-refractivity contribution in [1.82, 2.24) is 0 Å². The molecule has 100 valence electrons. The van der Waals surface area contributed by atoms with Crippen LogP contribution in [0, 0.1) is 5.82 Å². The van der Waals surface area contributed by atoms with Crippen molar-refractivity contribution in [3.8, 4) is 0 Å². The molecule has 1 atom stereocenters. The summed E-state index contributed by atoms with van der Waals surface area (Å²) < 4.78 is 13.0. The van der Waals surface area contributed by atoms with Crippen molar-refractivity contribution in [1.29, 1.82) is 0 Å². The Labute approximate surface area is 122 Å². The molecule has 19 heavy (non-hydrogen) atoms. The molecule has 2 rings (SSSR count). The van der Waals surface area contributed by atoms with Crippen molar-refractivity contribution in [3.05, 3.63) is 70.5 Å². The summed E-state index contributed by atoms with van der Waals surface area (Å²) in [6.07, 6.45) is 2.03. The topological polar surface area (TPSA) is 0 Å². The van der Waals surface area contributed by atoms with Gasteiger partial charge in [0.1, 0.15) is 5.82 Å². The fourth-order valence-corrected chi connectivity index (χ4v) is 2.96. The van der Waals surface area contributed by atoms with Gasteiger partial charge in [0.15, 0.2) is 0 Å². The molecule has 2 aromatic rings. The van der Waals surface area contributed by atoms with Crippen molar-refractivity contribution < 1.29 is 4.39 Å². The molecule has 0 spiro atoms. The molecule has 0 heterocycles. The Bertz CT molecular complexity index is 546. The third-order valence-corrected chi connectivity index (χ3v) is 4.46. The molecule has 0 radical (unpaired) electrons. The van der Waals surface area contributed by atoms with Crippen LogP contribution in [0.3, 0.4) is 0 Å². The largest absolute Gasteiger partial charge is 0.207 e. The molecule has 0 saturated heterocycles. The second-order valence-corrected chi connectivity index (χ2v) is 5.57. The summed E-state index contributed by atoms with van der Waals surface area (Å²) in [5.74, 6) is -0.193. The van der Waals surface area contributed by atoms with Crippen LogP contribution in [-0.4, -0.2) is 0 Å². The maximum absolute atomic E-state index is 13.0. The van der Waals surface area contributed by atoms with Crippen molar-refractivity contribution in [3.63, 3.8) is 0 Å². The molecule has 0 aliphatic heterocycles. The molecule has 0 saturated carbocycles. The van der Waals surface area contributed by atoms with Crippen LogP contribution >= 0.6 is 15.9 Å². The van der Waals surface area contributed by atoms with Gasteiger partial charge in [-0.15, -0.1) is 0 Å². The summed E-state index contributed by atoms with van der Waals surface area (Å²) in [5.41, 5.74) is 5.04. The van der Waals surface area contributed by atoms with E-state index in [9.17, 15) is 4.39 Å². The van der Waals surface area contributed by atoms with Gasteiger partial charge in [-0.1, -0.05) is 60.1 Å². The highest BCUT2D eigenvalue weighted by atomic mass is 79.9. The van der Waals surface area contributed by atoms with Crippen molar-refractivity contribution in [2.45, 2.75) is 31.5 Å². The second kappa shape index (κ2) is 6.33. The van der Waals surface area contributed by atoms with Crippen LogP contribution in [0.5, 0.6) is 0 Å². The molecule has 0 fully saturated rings. The molecule has 0 aliphatic carbocycles. The number of aryl methyl sites for hydroxylation is 2. The SMILES string of the molecule is CCc1ccc(CC)c(C(Br)c2ccc(F)cc2)c1. The van der Waals surface area contributed by atoms with Crippen molar-refractivity contribution in [2.75, 3.05) is 0 Å². The third-order valence-electron chi connectivity index (χ3n) is 3.44. The molecule has 0 aliphatic rings. The van der Waals surface area contributed by atoms with Crippen LogP contribution in [0.15, 0.2) is 42.5 Å². The van der Waals surface area contributed by atoms with Crippen LogP contribution in [0.1, 0.15) is 40.9 Å². The molecule has 0 aromatic heterocycles. The van der Waals surface area contributed by atoms with E-state index in [0.29, 0.717) is 0 Å². The minimum Gasteiger partial charge on any atom is -0.207 e. The van der Waals surface area contributed by atoms with E-state index in [1.807, 2.05) is 12.1 Å². The van der Waals surface area contributed by atoms with Crippen molar-refractivity contribution >= 4 is 15.9 Å². The monoisotopic (exact) mass is 320 g/mol. The maximum Gasteiger partial charge on any atom is 0.123 e. The molecular weight excluding hydrogens is 303 g/mol. The Hall–Kier alpha value is -1.15. The zero-order chi connectivity index (χ0) is 13.8. The summed E-state index contributed by atoms with van der Waals surface area (Å²) in [6.45, 7) is 4.32. The van der Waals surface area contributed by atoms with Crippen LogP contribution in [0.4, 0.5) is 4.39 Å². The Morgan fingerprint density at radius 1 is 1.00 bits per heavy atom. The average Bonchev–Trinajstić information content (AvgIpc) is 2.46. The van der Waals surface area contributed by atoms with Gasteiger partial charge < -0.3 is 0 Å². The van der Waals surface area contributed by atoms with Gasteiger partial charge in [-0.25, -0.2) is 4.39 Å². The smallest absolute Gasteiger partial charge is 0.123 e. The zero-order valence-electron chi connectivity index (χ0n) is 11.3. The van der Waals surface area contributed by atoms with Crippen molar-refractivity contribution in [2.24, 2.45) is 0 Å². The maximum atomic E-state index is 13.0. The first-order valence-electron chi connectivity index (χ1n) is 6.67. The normalized spacial score (nSPS) is 12.4. The van der Waals surface area contributed by atoms with Gasteiger partial charge >= 0.3 is 0 Å². The number of alkyl halides is 1. The van der Waals surface area contributed by atoms with E-state index in [-0.39, 0.29) is 10.6 Å². The fourth-order valence-electron chi connectivity index (χ4n) is 2.23. The summed E-state index contributed by atoms with van der Waals surface area (Å²) in [6, 6.07) is 13.3. The predicted molar refractivity (Wildman–Crippen MR) is 82.4 cm³/mol. The van der Waals surface area contributed by atoms with Gasteiger partial charge in [-0.2, -0.15) is 0 Å². The molecule has 0 N–H and O–H groups in total. The van der Waals surface area contributed by atoms with Crippen LogP contribution < -0.4 is 0 Å². The predicted octanol–water partition coefficient (Wildman–Crippen LogP) is 5.43. The van der Waals surface area contributed by atoms with E-state index in [0.717, 1.165) is 18.4 Å². The van der Waals surface area contributed by atoms with Crippen LogP contribution in [-0.2, 0) is 12.8 Å². The van der Waals surface area contributed by atoms with Gasteiger partial charge in [0.2, 0.25) is 0 Å². The summed E-state index contributed by atoms with van der Waals surface area (Å²) >= 11 is 3.75. The number of rotatable bonds is 4. The highest BCUT2D eigenvalue weighted by Gasteiger charge is 2.14. The molecule has 0 nitrogen and oxygen atoms in total. The molecule has 0 amide bonds. The summed E-state index contributed by atoms with van der Waals surface area (Å²) in [5, 5.41) is 0. The molecule has 2 heteroatoms. The van der Waals surface area contributed by atoms with E-state index in [4.69, 9.17) is 0 Å². The lowest BCUT2D eigenvalue weighted by atomic mass is 9.95. The van der Waals surface area contributed by atoms with E-state index in [1.54, 1.807) is 0 Å². The Morgan fingerprint density at radius 3 is 2.26 bits per heavy atom. The highest BCUT2D eigenvalue weighted by molar-refractivity contribution is 9.09. The first-order chi connectivity index (χ1) is 9.15. The third kappa shape index (κ3) is 3.24. The minimum absolute atomic E-state index is 0.120. The quantitative estimate of drug-likeness (QED) is 0.658. The molecular formula is C17H18BrF. The second-order valence-electron chi connectivity index (χ2n) is 4.65. The molecule has 0 bridgehead atoms. The van der Waals surface area contributed by atoms with E-state index < -0.39 is 0 Å². The zero-order valence-corrected chi connectivity index (χ0v) is 12.9. The van der Waals surface area contributed by atoms with Gasteiger partial charge in [0, 0.05) is 0 Å². The van der Waals surface area contributed by atoms with Gasteiger partial charge in [-0.3, -0.25) is 0 Å². The van der Waals surface area contributed by atoms with E-state index >= 15 is 0 Å². The molecule has 1 unspecified atom stereocenters. The molecule has 2 aromatic carbocycles. The van der Waals surface area contributed by atoms with Crippen LogP contribution in [0.2, 0.25) is 0 Å². The first-order valence-corrected chi connectivity index (χ1v) is 7.58. The fraction of sp³-hybridized carbons (Fsp3) is 0.294. The van der Waals surface area contributed by atoms with E-state index in [2.05, 4.69) is 48.0 Å². The minimum atomic E-state index is -0.193. The number of benzene rings is 2. The standard InChI is InChI=1S/C17H18BrF/c1-3-12-5-6-13(4-2)16(11-12)17(18)14-7-9-15(19)10-8-14/h5-11,17H,3-4H2,1-2H3. The van der Waals surface area contributed by atoms with Crippen LogP contribution in [0.25, 0.3) is 0 Å². The van der Waals surface area contributed by atoms with E-state index in [1.165, 1.54) is 28.8 Å². The summed E-state index contributed by atoms with van der Waals surface area (Å²) in [7, 11) is 0. The average molecular weight is 321 g/mol. The Morgan fingerprint density at radius 2 is 1.68 bits per heavy atom. The number of hydrogen-bond donors (Lipinski definition) is 0. The van der Waals surface area contributed by atoms with Gasteiger partial charge in [-0.05, 0) is 47.2 Å². The van der Waals surface area contributed by atoms with Gasteiger partial charge in [0.25, 0.3) is 0 Å². The lowest BCUT2D eigenvalue weighted by Crippen LogP contribution is -1.99. The number of hydrogen-bond acceptors (Lipinski definition) is 0. The highest BCUT2D eigenvalue weighted by Crippen LogP contribution is 2.34. The van der Waals surface area contributed by atoms with Gasteiger partial charge in [0.05, 0.1) is 4.83 Å². The summed E-state index contributed by atoms with van der Waals surface area (Å²) in [4.78, 5) is 0.120. The Kier molecular flexibility index (Phi) is 4.76. The number of halogens is 2.